The number of hydrogen-bond acceptors (Lipinski definition) is 1. The van der Waals surface area contributed by atoms with Crippen molar-refractivity contribution in [3.8, 4) is 11.1 Å². The Balaban J connectivity index is 2.07. The van der Waals surface area contributed by atoms with Crippen LogP contribution < -0.4 is 5.56 Å². The van der Waals surface area contributed by atoms with Crippen LogP contribution in [0.25, 0.3) is 11.1 Å². The first-order chi connectivity index (χ1) is 11.0. The third-order valence-corrected chi connectivity index (χ3v) is 4.76. The topological polar surface area (TPSA) is 37.8 Å². The molecule has 1 atom stereocenters. The van der Waals surface area contributed by atoms with Gasteiger partial charge >= 0.3 is 0 Å². The van der Waals surface area contributed by atoms with Gasteiger partial charge < -0.3 is 0 Å². The van der Waals surface area contributed by atoms with Crippen LogP contribution in [0.2, 0.25) is 15.2 Å². The fraction of sp³-hybridized carbons (Fsp3) is 0.118. The van der Waals surface area contributed by atoms with E-state index in [1.807, 2.05) is 43.3 Å². The lowest BCUT2D eigenvalue weighted by Gasteiger charge is -2.13. The van der Waals surface area contributed by atoms with E-state index in [0.29, 0.717) is 20.8 Å². The van der Waals surface area contributed by atoms with Gasteiger partial charge in [-0.1, -0.05) is 71.2 Å². The van der Waals surface area contributed by atoms with Crippen LogP contribution in [-0.2, 0) is 0 Å². The van der Waals surface area contributed by atoms with Crippen LogP contribution in [0.4, 0.5) is 0 Å². The molecule has 0 saturated carbocycles. The minimum atomic E-state index is -0.257. The molecule has 1 N–H and O–H groups in total. The summed E-state index contributed by atoms with van der Waals surface area (Å²) in [7, 11) is 0. The molecule has 6 heteroatoms. The highest BCUT2D eigenvalue weighted by Crippen LogP contribution is 2.28. The Hall–Kier alpha value is -1.68. The molecule has 0 spiro atoms. The Kier molecular flexibility index (Phi) is 4.53. The van der Waals surface area contributed by atoms with Crippen LogP contribution in [0, 0.1) is 0 Å². The van der Waals surface area contributed by atoms with Gasteiger partial charge in [0.1, 0.15) is 5.15 Å². The standard InChI is InChI=1S/C17H13Cl3N2O/c1-10(12-7-8-13(18)14(19)9-12)22-17(23)15(16(20)21-22)11-5-3-2-4-6-11/h2-10,21H,1H3. The summed E-state index contributed by atoms with van der Waals surface area (Å²) in [6, 6.07) is 14.4. The summed E-state index contributed by atoms with van der Waals surface area (Å²) < 4.78 is 1.49. The molecule has 3 nitrogen and oxygen atoms in total. The molecule has 2 aromatic carbocycles. The van der Waals surface area contributed by atoms with Gasteiger partial charge in [-0.15, -0.1) is 0 Å². The van der Waals surface area contributed by atoms with E-state index in [1.54, 1.807) is 12.1 Å². The summed E-state index contributed by atoms with van der Waals surface area (Å²) in [4.78, 5) is 12.7. The summed E-state index contributed by atoms with van der Waals surface area (Å²) in [5.41, 5.74) is 1.91. The SMILES string of the molecule is CC(c1ccc(Cl)c(Cl)c1)n1[nH]c(Cl)c(-c2ccccc2)c1=O. The first-order valence-electron chi connectivity index (χ1n) is 6.99. The van der Waals surface area contributed by atoms with E-state index in [1.165, 1.54) is 4.68 Å². The molecule has 0 bridgehead atoms. The van der Waals surface area contributed by atoms with E-state index in [-0.39, 0.29) is 11.6 Å². The maximum Gasteiger partial charge on any atom is 0.276 e. The summed E-state index contributed by atoms with van der Waals surface area (Å²) >= 11 is 18.3. The van der Waals surface area contributed by atoms with Crippen LogP contribution in [-0.4, -0.2) is 9.78 Å². The second-order valence-corrected chi connectivity index (χ2v) is 6.38. The average Bonchev–Trinajstić information content (AvgIpc) is 2.85. The van der Waals surface area contributed by atoms with Crippen molar-refractivity contribution in [2.24, 2.45) is 0 Å². The zero-order valence-corrected chi connectivity index (χ0v) is 14.5. The number of nitrogens with zero attached hydrogens (tertiary/aromatic N) is 1. The molecule has 1 unspecified atom stereocenters. The van der Waals surface area contributed by atoms with E-state index in [0.717, 1.165) is 11.1 Å². The fourth-order valence-electron chi connectivity index (χ4n) is 2.48. The summed E-state index contributed by atoms with van der Waals surface area (Å²) in [6.45, 7) is 1.89. The number of aromatic amines is 1. The highest BCUT2D eigenvalue weighted by atomic mass is 35.5. The van der Waals surface area contributed by atoms with E-state index < -0.39 is 0 Å². The predicted molar refractivity (Wildman–Crippen MR) is 95.8 cm³/mol. The van der Waals surface area contributed by atoms with Crippen molar-refractivity contribution in [2.45, 2.75) is 13.0 Å². The first kappa shape index (κ1) is 16.2. The van der Waals surface area contributed by atoms with Crippen molar-refractivity contribution in [1.82, 2.24) is 9.78 Å². The number of aromatic nitrogens is 2. The minimum absolute atomic E-state index is 0.181. The van der Waals surface area contributed by atoms with Crippen molar-refractivity contribution in [3.63, 3.8) is 0 Å². The molecule has 0 radical (unpaired) electrons. The Morgan fingerprint density at radius 3 is 2.35 bits per heavy atom. The number of benzene rings is 2. The molecular formula is C17H13Cl3N2O. The molecule has 0 saturated heterocycles. The van der Waals surface area contributed by atoms with Gasteiger partial charge in [-0.2, -0.15) is 0 Å². The Morgan fingerprint density at radius 1 is 1.00 bits per heavy atom. The van der Waals surface area contributed by atoms with Crippen molar-refractivity contribution < 1.29 is 0 Å². The molecule has 0 aliphatic heterocycles. The highest BCUT2D eigenvalue weighted by molar-refractivity contribution is 6.42. The molecule has 118 valence electrons. The van der Waals surface area contributed by atoms with Gasteiger partial charge in [-0.3, -0.25) is 9.89 Å². The maximum absolute atomic E-state index is 12.7. The van der Waals surface area contributed by atoms with Crippen LogP contribution in [0.1, 0.15) is 18.5 Å². The molecule has 3 rings (SSSR count). The lowest BCUT2D eigenvalue weighted by atomic mass is 10.1. The van der Waals surface area contributed by atoms with Gasteiger partial charge in [-0.05, 0) is 30.2 Å². The highest BCUT2D eigenvalue weighted by Gasteiger charge is 2.19. The van der Waals surface area contributed by atoms with Crippen molar-refractivity contribution >= 4 is 34.8 Å². The molecule has 0 amide bonds. The second kappa shape index (κ2) is 6.44. The average molecular weight is 368 g/mol. The van der Waals surface area contributed by atoms with E-state index in [4.69, 9.17) is 34.8 Å². The van der Waals surface area contributed by atoms with Crippen LogP contribution in [0.3, 0.4) is 0 Å². The smallest absolute Gasteiger partial charge is 0.276 e. The Bertz CT molecular complexity index is 900. The predicted octanol–water partition coefficient (Wildman–Crippen LogP) is 5.41. The third kappa shape index (κ3) is 3.05. The van der Waals surface area contributed by atoms with Gasteiger partial charge in [0.15, 0.2) is 0 Å². The molecule has 0 fully saturated rings. The van der Waals surface area contributed by atoms with Crippen molar-refractivity contribution in [3.05, 3.63) is 79.6 Å². The van der Waals surface area contributed by atoms with Crippen LogP contribution in [0.15, 0.2) is 53.3 Å². The Morgan fingerprint density at radius 2 is 1.70 bits per heavy atom. The fourth-order valence-corrected chi connectivity index (χ4v) is 3.06. The lowest BCUT2D eigenvalue weighted by molar-refractivity contribution is 0.548. The van der Waals surface area contributed by atoms with E-state index >= 15 is 0 Å². The second-order valence-electron chi connectivity index (χ2n) is 5.19. The van der Waals surface area contributed by atoms with Gasteiger partial charge in [0, 0.05) is 0 Å². The molecule has 0 aliphatic rings. The molecule has 1 aromatic heterocycles. The number of nitrogens with one attached hydrogen (secondary N) is 1. The van der Waals surface area contributed by atoms with E-state index in [2.05, 4.69) is 5.10 Å². The molecule has 1 heterocycles. The normalized spacial score (nSPS) is 12.3. The van der Waals surface area contributed by atoms with Gasteiger partial charge in [0.25, 0.3) is 5.56 Å². The summed E-state index contributed by atoms with van der Waals surface area (Å²) in [6.07, 6.45) is 0. The summed E-state index contributed by atoms with van der Waals surface area (Å²) in [5.74, 6) is 0. The van der Waals surface area contributed by atoms with Crippen LogP contribution in [0.5, 0.6) is 0 Å². The lowest BCUT2D eigenvalue weighted by Crippen LogP contribution is -2.22. The maximum atomic E-state index is 12.7. The minimum Gasteiger partial charge on any atom is -0.284 e. The first-order valence-corrected chi connectivity index (χ1v) is 8.13. The molecular weight excluding hydrogens is 355 g/mol. The quantitative estimate of drug-likeness (QED) is 0.660. The van der Waals surface area contributed by atoms with Gasteiger partial charge in [0.05, 0.1) is 21.7 Å². The van der Waals surface area contributed by atoms with Gasteiger partial charge in [-0.25, -0.2) is 4.68 Å². The largest absolute Gasteiger partial charge is 0.284 e. The van der Waals surface area contributed by atoms with E-state index in [9.17, 15) is 4.79 Å². The Labute approximate surface area is 148 Å². The van der Waals surface area contributed by atoms with Crippen molar-refractivity contribution in [1.29, 1.82) is 0 Å². The monoisotopic (exact) mass is 366 g/mol. The number of rotatable bonds is 3. The van der Waals surface area contributed by atoms with Crippen LogP contribution >= 0.6 is 34.8 Å². The third-order valence-electron chi connectivity index (χ3n) is 3.75. The number of hydrogen-bond donors (Lipinski definition) is 1. The molecule has 3 aromatic rings. The number of halogens is 3. The molecule has 0 aliphatic carbocycles. The number of H-pyrrole nitrogens is 1. The zero-order valence-electron chi connectivity index (χ0n) is 12.2. The van der Waals surface area contributed by atoms with Gasteiger partial charge in [0.2, 0.25) is 0 Å². The van der Waals surface area contributed by atoms with Crippen molar-refractivity contribution in [2.75, 3.05) is 0 Å². The zero-order chi connectivity index (χ0) is 16.6. The summed E-state index contributed by atoms with van der Waals surface area (Å²) in [5, 5.41) is 4.18. The molecule has 23 heavy (non-hydrogen) atoms.